The number of hydrogen-bond donors (Lipinski definition) is 1. The highest BCUT2D eigenvalue weighted by Gasteiger charge is 2.27. The lowest BCUT2D eigenvalue weighted by Crippen LogP contribution is -2.46. The Labute approximate surface area is 221 Å². The second-order valence-electron chi connectivity index (χ2n) is 12.2. The fraction of sp³-hybridized carbons (Fsp3) is 0.731. The lowest BCUT2D eigenvalue weighted by atomic mass is 10.1. The molecular formula is C26H44N6O4Si. The molecule has 2 saturated heterocycles. The average molecular weight is 533 g/mol. The van der Waals surface area contributed by atoms with Crippen LogP contribution in [0.2, 0.25) is 25.7 Å². The molecule has 2 aromatic heterocycles. The third-order valence-electron chi connectivity index (χ3n) is 6.71. The number of carbonyl (C=O) groups excluding carboxylic acids is 1. The van der Waals surface area contributed by atoms with Crippen molar-refractivity contribution in [2.45, 2.75) is 77.7 Å². The van der Waals surface area contributed by atoms with Crippen molar-refractivity contribution in [1.82, 2.24) is 19.9 Å². The number of anilines is 2. The number of ether oxygens (including phenoxy) is 3. The Morgan fingerprint density at radius 2 is 1.81 bits per heavy atom. The first-order valence-electron chi connectivity index (χ1n) is 13.5. The van der Waals surface area contributed by atoms with Gasteiger partial charge in [-0.1, -0.05) is 19.6 Å². The van der Waals surface area contributed by atoms with E-state index in [1.54, 1.807) is 6.33 Å². The number of hydrogen-bond acceptors (Lipinski definition) is 8. The van der Waals surface area contributed by atoms with Gasteiger partial charge in [0.1, 0.15) is 35.9 Å². The summed E-state index contributed by atoms with van der Waals surface area (Å²) in [6.07, 6.45) is 3.01. The van der Waals surface area contributed by atoms with Gasteiger partial charge in [-0.15, -0.1) is 0 Å². The van der Waals surface area contributed by atoms with Gasteiger partial charge in [0.2, 0.25) is 0 Å². The first kappa shape index (κ1) is 27.7. The molecule has 0 unspecified atom stereocenters. The smallest absolute Gasteiger partial charge is 0.407 e. The van der Waals surface area contributed by atoms with Crippen LogP contribution >= 0.6 is 0 Å². The van der Waals surface area contributed by atoms with E-state index < -0.39 is 13.7 Å². The summed E-state index contributed by atoms with van der Waals surface area (Å²) in [5, 5.41) is 4.08. The van der Waals surface area contributed by atoms with Gasteiger partial charge in [-0.05, 0) is 45.7 Å². The van der Waals surface area contributed by atoms with E-state index >= 15 is 0 Å². The maximum absolute atomic E-state index is 12.3. The van der Waals surface area contributed by atoms with E-state index in [9.17, 15) is 4.79 Å². The molecule has 4 heterocycles. The van der Waals surface area contributed by atoms with Gasteiger partial charge in [0.05, 0.1) is 18.6 Å². The molecule has 2 aliphatic rings. The van der Waals surface area contributed by atoms with Crippen LogP contribution in [0, 0.1) is 0 Å². The Morgan fingerprint density at radius 1 is 1.11 bits per heavy atom. The Bertz CT molecular complexity index is 1050. The average Bonchev–Trinajstić information content (AvgIpc) is 3.19. The number of aromatic nitrogens is 3. The predicted molar refractivity (Wildman–Crippen MR) is 149 cm³/mol. The van der Waals surface area contributed by atoms with Crippen LogP contribution in [0.3, 0.4) is 0 Å². The van der Waals surface area contributed by atoms with Gasteiger partial charge >= 0.3 is 6.09 Å². The lowest BCUT2D eigenvalue weighted by molar-refractivity contribution is 0.0497. The van der Waals surface area contributed by atoms with Crippen molar-refractivity contribution >= 4 is 36.8 Å². The summed E-state index contributed by atoms with van der Waals surface area (Å²) in [5.74, 6) is 2.05. The molecule has 2 aromatic rings. The van der Waals surface area contributed by atoms with Crippen LogP contribution in [0.5, 0.6) is 0 Å². The second kappa shape index (κ2) is 11.6. The van der Waals surface area contributed by atoms with Crippen LogP contribution in [0.25, 0.3) is 11.0 Å². The van der Waals surface area contributed by atoms with Crippen molar-refractivity contribution in [1.29, 1.82) is 0 Å². The zero-order chi connectivity index (χ0) is 26.6. The van der Waals surface area contributed by atoms with Crippen molar-refractivity contribution in [3.63, 3.8) is 0 Å². The molecule has 2 fully saturated rings. The van der Waals surface area contributed by atoms with Crippen molar-refractivity contribution < 1.29 is 19.0 Å². The zero-order valence-electron chi connectivity index (χ0n) is 23.4. The molecule has 11 heteroatoms. The minimum absolute atomic E-state index is 0.0978. The van der Waals surface area contributed by atoms with Gasteiger partial charge in [-0.25, -0.2) is 14.8 Å². The number of rotatable bonds is 8. The number of fused-ring (bicyclic) bond motifs is 1. The molecule has 0 aromatic carbocycles. The van der Waals surface area contributed by atoms with Crippen molar-refractivity contribution in [2.24, 2.45) is 0 Å². The van der Waals surface area contributed by atoms with E-state index in [0.717, 1.165) is 74.3 Å². The SMILES string of the molecule is CC(C)(C)OC(=O)NC1CCN(c2cc3c(N4CCOCC4)ncnc3n2COCC[Si](C)(C)C)CC1. The Morgan fingerprint density at radius 3 is 2.46 bits per heavy atom. The summed E-state index contributed by atoms with van der Waals surface area (Å²) in [5.41, 5.74) is 0.397. The molecule has 10 nitrogen and oxygen atoms in total. The topological polar surface area (TPSA) is 94.0 Å². The maximum atomic E-state index is 12.3. The van der Waals surface area contributed by atoms with E-state index in [0.29, 0.717) is 19.9 Å². The van der Waals surface area contributed by atoms with Crippen LogP contribution in [-0.2, 0) is 20.9 Å². The van der Waals surface area contributed by atoms with E-state index in [1.165, 1.54) is 0 Å². The van der Waals surface area contributed by atoms with Gasteiger partial charge in [0.15, 0.2) is 0 Å². The normalized spacial score (nSPS) is 17.9. The fourth-order valence-electron chi connectivity index (χ4n) is 4.71. The van der Waals surface area contributed by atoms with E-state index in [4.69, 9.17) is 19.2 Å². The molecule has 1 N–H and O–H groups in total. The van der Waals surface area contributed by atoms with Crippen LogP contribution in [0.15, 0.2) is 12.4 Å². The molecule has 0 radical (unpaired) electrons. The van der Waals surface area contributed by atoms with E-state index in [-0.39, 0.29) is 12.1 Å². The number of alkyl carbamates (subject to hydrolysis) is 1. The van der Waals surface area contributed by atoms with Crippen molar-refractivity contribution in [3.8, 4) is 0 Å². The van der Waals surface area contributed by atoms with Crippen molar-refractivity contribution in [3.05, 3.63) is 12.4 Å². The van der Waals surface area contributed by atoms with Gasteiger partial charge in [0, 0.05) is 46.9 Å². The monoisotopic (exact) mass is 532 g/mol. The van der Waals surface area contributed by atoms with Gasteiger partial charge in [-0.3, -0.25) is 4.57 Å². The molecular weight excluding hydrogens is 488 g/mol. The first-order valence-corrected chi connectivity index (χ1v) is 17.2. The molecule has 37 heavy (non-hydrogen) atoms. The lowest BCUT2D eigenvalue weighted by Gasteiger charge is -2.34. The zero-order valence-corrected chi connectivity index (χ0v) is 24.4. The highest BCUT2D eigenvalue weighted by molar-refractivity contribution is 6.76. The van der Waals surface area contributed by atoms with Gasteiger partial charge < -0.3 is 29.3 Å². The van der Waals surface area contributed by atoms with Crippen LogP contribution < -0.4 is 15.1 Å². The number of amides is 1. The molecule has 1 amide bonds. The van der Waals surface area contributed by atoms with Gasteiger partial charge in [-0.2, -0.15) is 0 Å². The van der Waals surface area contributed by atoms with Crippen LogP contribution in [0.1, 0.15) is 33.6 Å². The summed E-state index contributed by atoms with van der Waals surface area (Å²) in [6.45, 7) is 18.7. The Kier molecular flexibility index (Phi) is 8.65. The molecule has 206 valence electrons. The third-order valence-corrected chi connectivity index (χ3v) is 8.42. The van der Waals surface area contributed by atoms with Crippen LogP contribution in [-0.4, -0.2) is 86.3 Å². The standard InChI is InChI=1S/C26H44N6O4Si/c1-26(2,3)36-25(33)29-20-7-9-30(10-8-20)22-17-21-23(31-11-13-34-14-12-31)27-18-28-24(21)32(22)19-35-15-16-37(4,5)6/h17-18,20H,7-16,19H2,1-6H3,(H,29,33). The van der Waals surface area contributed by atoms with E-state index in [1.807, 2.05) is 20.8 Å². The predicted octanol–water partition coefficient (Wildman–Crippen LogP) is 4.07. The van der Waals surface area contributed by atoms with E-state index in [2.05, 4.69) is 50.4 Å². The molecule has 0 spiro atoms. The molecule has 0 bridgehead atoms. The van der Waals surface area contributed by atoms with Crippen LogP contribution in [0.4, 0.5) is 16.4 Å². The summed E-state index contributed by atoms with van der Waals surface area (Å²) < 4.78 is 19.4. The molecule has 0 aliphatic carbocycles. The quantitative estimate of drug-likeness (QED) is 0.402. The molecule has 0 saturated carbocycles. The number of piperidine rings is 1. The van der Waals surface area contributed by atoms with Gasteiger partial charge in [0.25, 0.3) is 0 Å². The third kappa shape index (κ3) is 7.58. The largest absolute Gasteiger partial charge is 0.444 e. The molecule has 0 atom stereocenters. The first-order chi connectivity index (χ1) is 17.5. The summed E-state index contributed by atoms with van der Waals surface area (Å²) in [6, 6.07) is 3.43. The Hall–Kier alpha value is -2.37. The summed E-state index contributed by atoms with van der Waals surface area (Å²) in [4.78, 5) is 26.3. The molecule has 2 aliphatic heterocycles. The highest BCUT2D eigenvalue weighted by Crippen LogP contribution is 2.33. The number of nitrogens with zero attached hydrogens (tertiary/aromatic N) is 5. The number of carbonyl (C=O) groups is 1. The number of nitrogens with one attached hydrogen (secondary N) is 1. The Balaban J connectivity index is 1.52. The minimum atomic E-state index is -1.18. The maximum Gasteiger partial charge on any atom is 0.407 e. The number of morpholine rings is 1. The van der Waals surface area contributed by atoms with Crippen molar-refractivity contribution in [2.75, 3.05) is 55.8 Å². The highest BCUT2D eigenvalue weighted by atomic mass is 28.3. The summed E-state index contributed by atoms with van der Waals surface area (Å²) in [7, 11) is -1.18. The minimum Gasteiger partial charge on any atom is -0.444 e. The summed E-state index contributed by atoms with van der Waals surface area (Å²) >= 11 is 0. The second-order valence-corrected chi connectivity index (χ2v) is 17.8. The fourth-order valence-corrected chi connectivity index (χ4v) is 5.47. The molecule has 4 rings (SSSR count).